The zero-order valence-electron chi connectivity index (χ0n) is 15.9. The fraction of sp³-hybridized carbons (Fsp3) is 0.619. The maximum atomic E-state index is 12.7. The quantitative estimate of drug-likeness (QED) is 0.882. The van der Waals surface area contributed by atoms with Gasteiger partial charge in [-0.1, -0.05) is 31.0 Å². The van der Waals surface area contributed by atoms with Crippen molar-refractivity contribution in [1.29, 1.82) is 0 Å². The van der Waals surface area contributed by atoms with E-state index in [1.54, 1.807) is 4.90 Å². The first-order valence-electron chi connectivity index (χ1n) is 10.1. The maximum absolute atomic E-state index is 12.7. The van der Waals surface area contributed by atoms with E-state index in [0.717, 1.165) is 43.7 Å². The third kappa shape index (κ3) is 4.64. The first kappa shape index (κ1) is 18.9. The largest absolute Gasteiger partial charge is 0.353 e. The van der Waals surface area contributed by atoms with Crippen LogP contribution in [0, 0.1) is 0 Å². The molecule has 2 amide bonds. The highest BCUT2D eigenvalue weighted by atomic mass is 16.2. The van der Waals surface area contributed by atoms with Crippen molar-refractivity contribution in [2.24, 2.45) is 0 Å². The van der Waals surface area contributed by atoms with Gasteiger partial charge in [0.05, 0.1) is 0 Å². The summed E-state index contributed by atoms with van der Waals surface area (Å²) < 4.78 is 0. The van der Waals surface area contributed by atoms with E-state index in [0.29, 0.717) is 13.0 Å². The molecule has 0 radical (unpaired) electrons. The molecular weight excluding hydrogens is 326 g/mol. The summed E-state index contributed by atoms with van der Waals surface area (Å²) >= 11 is 0. The van der Waals surface area contributed by atoms with Crippen molar-refractivity contribution >= 4 is 17.5 Å². The Labute approximate surface area is 156 Å². The Morgan fingerprint density at radius 1 is 1.08 bits per heavy atom. The fourth-order valence-corrected chi connectivity index (χ4v) is 4.03. The van der Waals surface area contributed by atoms with Crippen LogP contribution in [0.5, 0.6) is 0 Å². The number of nitrogens with zero attached hydrogens (tertiary/aromatic N) is 2. The highest BCUT2D eigenvalue weighted by Gasteiger charge is 2.30. The van der Waals surface area contributed by atoms with E-state index in [1.165, 1.54) is 25.7 Å². The van der Waals surface area contributed by atoms with Crippen LogP contribution in [0.1, 0.15) is 51.0 Å². The molecule has 5 heteroatoms. The lowest BCUT2D eigenvalue weighted by atomic mass is 10.1. The first-order chi connectivity index (χ1) is 12.7. The van der Waals surface area contributed by atoms with Gasteiger partial charge in [0.1, 0.15) is 6.04 Å². The Hall–Kier alpha value is -1.88. The molecule has 0 aromatic heterocycles. The molecule has 1 aromatic carbocycles. The van der Waals surface area contributed by atoms with Crippen molar-refractivity contribution in [3.05, 3.63) is 29.8 Å². The second-order valence-corrected chi connectivity index (χ2v) is 7.47. The van der Waals surface area contributed by atoms with Gasteiger partial charge in [-0.05, 0) is 57.3 Å². The smallest absolute Gasteiger partial charge is 0.242 e. The number of nitrogens with one attached hydrogen (secondary N) is 1. The number of carbonyl (C=O) groups is 2. The van der Waals surface area contributed by atoms with Crippen molar-refractivity contribution < 1.29 is 9.59 Å². The first-order valence-corrected chi connectivity index (χ1v) is 10.1. The van der Waals surface area contributed by atoms with E-state index in [1.807, 2.05) is 25.1 Å². The minimum Gasteiger partial charge on any atom is -0.353 e. The molecule has 1 fully saturated rings. The maximum Gasteiger partial charge on any atom is 0.242 e. The van der Waals surface area contributed by atoms with E-state index in [2.05, 4.69) is 16.3 Å². The zero-order valence-corrected chi connectivity index (χ0v) is 15.9. The molecule has 5 nitrogen and oxygen atoms in total. The molecule has 2 aliphatic heterocycles. The van der Waals surface area contributed by atoms with Crippen LogP contribution in [0.15, 0.2) is 24.3 Å². The van der Waals surface area contributed by atoms with Crippen molar-refractivity contribution in [2.45, 2.75) is 57.9 Å². The number of benzene rings is 1. The summed E-state index contributed by atoms with van der Waals surface area (Å²) in [5.41, 5.74) is 2.05. The molecular formula is C21H31N3O2. The Balaban J connectivity index is 1.59. The van der Waals surface area contributed by atoms with Gasteiger partial charge in [0.2, 0.25) is 11.8 Å². The Morgan fingerprint density at radius 3 is 2.58 bits per heavy atom. The van der Waals surface area contributed by atoms with Crippen molar-refractivity contribution in [3.8, 4) is 0 Å². The summed E-state index contributed by atoms with van der Waals surface area (Å²) in [6.07, 6.45) is 7.37. The van der Waals surface area contributed by atoms with E-state index in [4.69, 9.17) is 0 Å². The topological polar surface area (TPSA) is 52.7 Å². The molecule has 1 atom stereocenters. The lowest BCUT2D eigenvalue weighted by Gasteiger charge is -2.29. The highest BCUT2D eigenvalue weighted by Crippen LogP contribution is 2.28. The number of aryl methyl sites for hydroxylation is 1. The molecule has 26 heavy (non-hydrogen) atoms. The van der Waals surface area contributed by atoms with Gasteiger partial charge in [-0.25, -0.2) is 0 Å². The number of carbonyl (C=O) groups excluding carboxylic acids is 2. The lowest BCUT2D eigenvalue weighted by molar-refractivity contribution is -0.126. The minimum atomic E-state index is -0.481. The average molecular weight is 357 g/mol. The van der Waals surface area contributed by atoms with Crippen LogP contribution < -0.4 is 10.2 Å². The van der Waals surface area contributed by atoms with Gasteiger partial charge < -0.3 is 10.2 Å². The van der Waals surface area contributed by atoms with Gasteiger partial charge in [0, 0.05) is 25.2 Å². The Morgan fingerprint density at radius 2 is 1.81 bits per heavy atom. The SMILES string of the molecule is C[C@H](C(=O)NCCN1CCCCCC1)N1C(=O)CCCc2ccccc21. The van der Waals surface area contributed by atoms with Crippen molar-refractivity contribution in [2.75, 3.05) is 31.1 Å². The van der Waals surface area contributed by atoms with Crippen LogP contribution >= 0.6 is 0 Å². The normalized spacial score (nSPS) is 20.0. The van der Waals surface area contributed by atoms with E-state index in [-0.39, 0.29) is 11.8 Å². The van der Waals surface area contributed by atoms with Gasteiger partial charge in [-0.2, -0.15) is 0 Å². The van der Waals surface area contributed by atoms with Gasteiger partial charge in [0.25, 0.3) is 0 Å². The van der Waals surface area contributed by atoms with Crippen LogP contribution in [0.2, 0.25) is 0 Å². The van der Waals surface area contributed by atoms with Crippen LogP contribution in [-0.2, 0) is 16.0 Å². The lowest BCUT2D eigenvalue weighted by Crippen LogP contribution is -2.49. The molecule has 142 valence electrons. The molecule has 2 aliphatic rings. The number of para-hydroxylation sites is 1. The van der Waals surface area contributed by atoms with E-state index < -0.39 is 6.04 Å². The van der Waals surface area contributed by atoms with Gasteiger partial charge >= 0.3 is 0 Å². The third-order valence-electron chi connectivity index (χ3n) is 5.55. The summed E-state index contributed by atoms with van der Waals surface area (Å²) in [7, 11) is 0. The number of anilines is 1. The van der Waals surface area contributed by atoms with Gasteiger partial charge in [-0.15, -0.1) is 0 Å². The summed E-state index contributed by atoms with van der Waals surface area (Å²) in [5, 5.41) is 3.04. The molecule has 2 heterocycles. The van der Waals surface area contributed by atoms with Crippen molar-refractivity contribution in [1.82, 2.24) is 10.2 Å². The molecule has 0 bridgehead atoms. The predicted octanol–water partition coefficient (Wildman–Crippen LogP) is 2.74. The second kappa shape index (κ2) is 9.17. The van der Waals surface area contributed by atoms with Gasteiger partial charge in [0.15, 0.2) is 0 Å². The standard InChI is InChI=1S/C21H31N3O2/c1-17(21(26)22-13-16-23-14-6-2-3-7-15-23)24-19-11-5-4-9-18(19)10-8-12-20(24)25/h4-5,9,11,17H,2-3,6-8,10,12-16H2,1H3,(H,22,26)/t17-/m1/s1. The summed E-state index contributed by atoms with van der Waals surface area (Å²) in [6.45, 7) is 5.63. The zero-order chi connectivity index (χ0) is 18.4. The molecule has 0 unspecified atom stereocenters. The third-order valence-corrected chi connectivity index (χ3v) is 5.55. The summed E-state index contributed by atoms with van der Waals surface area (Å²) in [4.78, 5) is 29.4. The highest BCUT2D eigenvalue weighted by molar-refractivity contribution is 6.01. The molecule has 1 N–H and O–H groups in total. The van der Waals surface area contributed by atoms with Crippen LogP contribution in [0.3, 0.4) is 0 Å². The van der Waals surface area contributed by atoms with E-state index in [9.17, 15) is 9.59 Å². The Bertz CT molecular complexity index is 623. The minimum absolute atomic E-state index is 0.0464. The molecule has 0 saturated carbocycles. The summed E-state index contributed by atoms with van der Waals surface area (Å²) in [6, 6.07) is 7.48. The molecule has 1 aromatic rings. The monoisotopic (exact) mass is 357 g/mol. The second-order valence-electron chi connectivity index (χ2n) is 7.47. The van der Waals surface area contributed by atoms with E-state index >= 15 is 0 Å². The van der Waals surface area contributed by atoms with Crippen molar-refractivity contribution in [3.63, 3.8) is 0 Å². The molecule has 0 aliphatic carbocycles. The molecule has 3 rings (SSSR count). The van der Waals surface area contributed by atoms with Crippen LogP contribution in [0.25, 0.3) is 0 Å². The number of hydrogen-bond acceptors (Lipinski definition) is 3. The molecule has 1 saturated heterocycles. The number of hydrogen-bond donors (Lipinski definition) is 1. The Kier molecular flexibility index (Phi) is 6.67. The number of likely N-dealkylation sites (tertiary alicyclic amines) is 1. The number of amides is 2. The van der Waals surface area contributed by atoms with Crippen LogP contribution in [0.4, 0.5) is 5.69 Å². The van der Waals surface area contributed by atoms with Crippen LogP contribution in [-0.4, -0.2) is 48.9 Å². The molecule has 0 spiro atoms. The summed E-state index contributed by atoms with van der Waals surface area (Å²) in [5.74, 6) is -0.0185. The number of fused-ring (bicyclic) bond motifs is 1. The van der Waals surface area contributed by atoms with Gasteiger partial charge in [-0.3, -0.25) is 14.5 Å². The predicted molar refractivity (Wildman–Crippen MR) is 104 cm³/mol. The number of rotatable bonds is 5. The average Bonchev–Trinajstić information content (AvgIpc) is 2.99. The fourth-order valence-electron chi connectivity index (χ4n) is 4.03.